The highest BCUT2D eigenvalue weighted by molar-refractivity contribution is 6.02. The third-order valence-electron chi connectivity index (χ3n) is 5.31. The Labute approximate surface area is 172 Å². The molecule has 2 aromatic rings. The van der Waals surface area contributed by atoms with Crippen LogP contribution >= 0.6 is 0 Å². The zero-order valence-corrected chi connectivity index (χ0v) is 17.9. The molecule has 0 aromatic heterocycles. The molecule has 0 aliphatic carbocycles. The summed E-state index contributed by atoms with van der Waals surface area (Å²) in [6, 6.07) is 6.63. The van der Waals surface area contributed by atoms with Crippen molar-refractivity contribution in [2.45, 2.75) is 33.2 Å². The molecule has 0 saturated heterocycles. The fourth-order valence-electron chi connectivity index (χ4n) is 3.96. The summed E-state index contributed by atoms with van der Waals surface area (Å²) in [6.07, 6.45) is 0.857. The van der Waals surface area contributed by atoms with E-state index in [0.717, 1.165) is 17.5 Å². The van der Waals surface area contributed by atoms with E-state index >= 15 is 0 Å². The maximum absolute atomic E-state index is 13.4. The minimum Gasteiger partial charge on any atom is -0.508 e. The topological polar surface area (TPSA) is 68.2 Å². The number of aromatic hydroxyl groups is 1. The average molecular weight is 399 g/mol. The van der Waals surface area contributed by atoms with Crippen molar-refractivity contribution in [1.29, 1.82) is 0 Å². The van der Waals surface area contributed by atoms with Crippen molar-refractivity contribution in [3.63, 3.8) is 0 Å². The van der Waals surface area contributed by atoms with Crippen molar-refractivity contribution in [3.05, 3.63) is 46.5 Å². The summed E-state index contributed by atoms with van der Waals surface area (Å²) < 4.78 is 16.6. The zero-order chi connectivity index (χ0) is 21.3. The van der Waals surface area contributed by atoms with E-state index < -0.39 is 6.04 Å². The zero-order valence-electron chi connectivity index (χ0n) is 17.9. The SMILES string of the molecule is COc1cc(C)cc([C@@H]2c3cc(O)cc(OC)c3C(=O)N2CCC(C)C)c1OC. The van der Waals surface area contributed by atoms with Crippen LogP contribution in [0.15, 0.2) is 24.3 Å². The van der Waals surface area contributed by atoms with Crippen molar-refractivity contribution in [2.24, 2.45) is 5.92 Å². The van der Waals surface area contributed by atoms with Crippen LogP contribution in [0.1, 0.15) is 53.4 Å². The van der Waals surface area contributed by atoms with Gasteiger partial charge in [-0.25, -0.2) is 0 Å². The first-order valence-corrected chi connectivity index (χ1v) is 9.76. The van der Waals surface area contributed by atoms with Crippen molar-refractivity contribution in [2.75, 3.05) is 27.9 Å². The first-order chi connectivity index (χ1) is 13.8. The second kappa shape index (κ2) is 8.23. The van der Waals surface area contributed by atoms with Crippen molar-refractivity contribution in [1.82, 2.24) is 4.90 Å². The summed E-state index contributed by atoms with van der Waals surface area (Å²) in [5, 5.41) is 10.3. The molecule has 2 aromatic carbocycles. The molecule has 6 heteroatoms. The number of hydrogen-bond donors (Lipinski definition) is 1. The smallest absolute Gasteiger partial charge is 0.258 e. The first kappa shape index (κ1) is 20.8. The second-order valence-electron chi connectivity index (χ2n) is 7.79. The highest BCUT2D eigenvalue weighted by atomic mass is 16.5. The van der Waals surface area contributed by atoms with Crippen LogP contribution in [0.5, 0.6) is 23.0 Å². The standard InChI is InChI=1S/C23H29NO5/c1-13(2)7-8-24-21(17-9-14(3)10-19(28-5)22(17)29-6)16-11-15(25)12-18(27-4)20(16)23(24)26/h9-13,21,25H,7-8H2,1-6H3/t21-/m0/s1. The molecule has 0 spiro atoms. The third-order valence-corrected chi connectivity index (χ3v) is 5.31. The average Bonchev–Trinajstić information content (AvgIpc) is 2.96. The lowest BCUT2D eigenvalue weighted by Gasteiger charge is -2.28. The Balaban J connectivity index is 2.26. The molecule has 0 radical (unpaired) electrons. The molecule has 0 unspecified atom stereocenters. The van der Waals surface area contributed by atoms with E-state index in [0.29, 0.717) is 40.8 Å². The molecular formula is C23H29NO5. The minimum atomic E-state index is -0.402. The Bertz CT molecular complexity index is 922. The molecular weight excluding hydrogens is 370 g/mol. The molecule has 1 aliphatic rings. The van der Waals surface area contributed by atoms with Crippen LogP contribution in [0.2, 0.25) is 0 Å². The van der Waals surface area contributed by atoms with E-state index in [2.05, 4.69) is 13.8 Å². The number of methoxy groups -OCH3 is 3. The van der Waals surface area contributed by atoms with Crippen LogP contribution in [-0.4, -0.2) is 43.8 Å². The van der Waals surface area contributed by atoms with Crippen LogP contribution in [0, 0.1) is 12.8 Å². The fraction of sp³-hybridized carbons (Fsp3) is 0.435. The van der Waals surface area contributed by atoms with Gasteiger partial charge in [0.1, 0.15) is 11.5 Å². The molecule has 0 saturated carbocycles. The van der Waals surface area contributed by atoms with Gasteiger partial charge in [-0.1, -0.05) is 13.8 Å². The predicted octanol–water partition coefficient (Wildman–Crippen LogP) is 4.32. The molecule has 6 nitrogen and oxygen atoms in total. The number of rotatable bonds is 7. The summed E-state index contributed by atoms with van der Waals surface area (Å²) >= 11 is 0. The summed E-state index contributed by atoms with van der Waals surface area (Å²) in [5.41, 5.74) is 3.02. The van der Waals surface area contributed by atoms with Crippen LogP contribution < -0.4 is 14.2 Å². The number of amides is 1. The quantitative estimate of drug-likeness (QED) is 0.751. The van der Waals surface area contributed by atoms with Gasteiger partial charge < -0.3 is 24.2 Å². The van der Waals surface area contributed by atoms with E-state index in [-0.39, 0.29) is 11.7 Å². The van der Waals surface area contributed by atoms with Gasteiger partial charge in [-0.05, 0) is 48.6 Å². The number of benzene rings is 2. The second-order valence-corrected chi connectivity index (χ2v) is 7.79. The Morgan fingerprint density at radius 2 is 1.69 bits per heavy atom. The number of aryl methyl sites for hydroxylation is 1. The number of carbonyl (C=O) groups is 1. The fourth-order valence-corrected chi connectivity index (χ4v) is 3.96. The van der Waals surface area contributed by atoms with E-state index in [1.54, 1.807) is 20.3 Å². The predicted molar refractivity (Wildman–Crippen MR) is 111 cm³/mol. The summed E-state index contributed by atoms with van der Waals surface area (Å²) in [6.45, 7) is 6.82. The lowest BCUT2D eigenvalue weighted by atomic mass is 9.94. The van der Waals surface area contributed by atoms with Gasteiger partial charge in [0, 0.05) is 18.2 Å². The maximum atomic E-state index is 13.4. The van der Waals surface area contributed by atoms with Crippen molar-refractivity contribution >= 4 is 5.91 Å². The van der Waals surface area contributed by atoms with Gasteiger partial charge in [-0.15, -0.1) is 0 Å². The van der Waals surface area contributed by atoms with Gasteiger partial charge in [-0.3, -0.25) is 4.79 Å². The lowest BCUT2D eigenvalue weighted by Crippen LogP contribution is -2.31. The molecule has 0 bridgehead atoms. The molecule has 156 valence electrons. The van der Waals surface area contributed by atoms with Crippen LogP contribution in [0.4, 0.5) is 0 Å². The molecule has 29 heavy (non-hydrogen) atoms. The Morgan fingerprint density at radius 3 is 2.28 bits per heavy atom. The molecule has 1 N–H and O–H groups in total. The molecule has 1 aliphatic heterocycles. The van der Waals surface area contributed by atoms with Gasteiger partial charge in [0.25, 0.3) is 5.91 Å². The Kier molecular flexibility index (Phi) is 5.91. The van der Waals surface area contributed by atoms with Gasteiger partial charge in [0.15, 0.2) is 11.5 Å². The van der Waals surface area contributed by atoms with Crippen molar-refractivity contribution in [3.8, 4) is 23.0 Å². The molecule has 1 heterocycles. The molecule has 1 atom stereocenters. The highest BCUT2D eigenvalue weighted by Gasteiger charge is 2.42. The van der Waals surface area contributed by atoms with Gasteiger partial charge in [0.05, 0.1) is 32.9 Å². The Hall–Kier alpha value is -2.89. The molecule has 1 amide bonds. The van der Waals surface area contributed by atoms with Crippen LogP contribution in [0.3, 0.4) is 0 Å². The maximum Gasteiger partial charge on any atom is 0.258 e. The monoisotopic (exact) mass is 399 g/mol. The third kappa shape index (κ3) is 3.71. The van der Waals surface area contributed by atoms with Gasteiger partial charge >= 0.3 is 0 Å². The summed E-state index contributed by atoms with van der Waals surface area (Å²) in [5.74, 6) is 1.96. The first-order valence-electron chi connectivity index (χ1n) is 9.76. The summed E-state index contributed by atoms with van der Waals surface area (Å²) in [4.78, 5) is 15.3. The van der Waals surface area contributed by atoms with Crippen LogP contribution in [-0.2, 0) is 0 Å². The van der Waals surface area contributed by atoms with Gasteiger partial charge in [0.2, 0.25) is 0 Å². The number of nitrogens with zero attached hydrogens (tertiary/aromatic N) is 1. The number of fused-ring (bicyclic) bond motifs is 1. The van der Waals surface area contributed by atoms with E-state index in [9.17, 15) is 9.90 Å². The largest absolute Gasteiger partial charge is 0.508 e. The Morgan fingerprint density at radius 1 is 1.00 bits per heavy atom. The lowest BCUT2D eigenvalue weighted by molar-refractivity contribution is 0.0737. The van der Waals surface area contributed by atoms with E-state index in [1.807, 2.05) is 24.0 Å². The number of phenols is 1. The van der Waals surface area contributed by atoms with E-state index in [1.165, 1.54) is 13.2 Å². The number of phenolic OH excluding ortho intramolecular Hbond substituents is 1. The molecule has 0 fully saturated rings. The van der Waals surface area contributed by atoms with Crippen LogP contribution in [0.25, 0.3) is 0 Å². The molecule has 3 rings (SSSR count). The van der Waals surface area contributed by atoms with E-state index in [4.69, 9.17) is 14.2 Å². The highest BCUT2D eigenvalue weighted by Crippen LogP contribution is 2.48. The number of carbonyl (C=O) groups excluding carboxylic acids is 1. The number of ether oxygens (including phenoxy) is 3. The summed E-state index contributed by atoms with van der Waals surface area (Å²) in [7, 11) is 4.69. The minimum absolute atomic E-state index is 0.0581. The number of hydrogen-bond acceptors (Lipinski definition) is 5. The van der Waals surface area contributed by atoms with Crippen molar-refractivity contribution < 1.29 is 24.1 Å². The van der Waals surface area contributed by atoms with Gasteiger partial charge in [-0.2, -0.15) is 0 Å². The normalized spacial score (nSPS) is 15.6.